The zero-order valence-corrected chi connectivity index (χ0v) is 17.8. The van der Waals surface area contributed by atoms with Crippen LogP contribution < -0.4 is 15.4 Å². The minimum Gasteiger partial charge on any atom is -0.493 e. The number of nitrogens with zero attached hydrogens (tertiary/aromatic N) is 2. The Morgan fingerprint density at radius 3 is 2.94 bits per heavy atom. The summed E-state index contributed by atoms with van der Waals surface area (Å²) in [5.74, 6) is 0.390. The summed E-state index contributed by atoms with van der Waals surface area (Å²) < 4.78 is 20.1. The number of amides is 1. The first kappa shape index (κ1) is 20.8. The predicted molar refractivity (Wildman–Crippen MR) is 117 cm³/mol. The molecule has 9 heteroatoms. The predicted octanol–water partition coefficient (Wildman–Crippen LogP) is 2.31. The number of aliphatic hydroxyl groups is 1. The van der Waals surface area contributed by atoms with Crippen molar-refractivity contribution in [3.63, 3.8) is 0 Å². The Hall–Kier alpha value is -3.04. The monoisotopic (exact) mass is 439 g/mol. The van der Waals surface area contributed by atoms with Crippen LogP contribution >= 0.6 is 0 Å². The number of hydrogen-bond donors (Lipinski definition) is 4. The lowest BCUT2D eigenvalue weighted by molar-refractivity contribution is 0.0766. The standard InChI is InChI=1S/C23H26FN5O3/c1-12-19(23(31)29-16-6-7-25-9-17(16)30)21-22(28-12)20(26-11-27-21)15-8-14(24)4-5-18(15)32-10-13-2-3-13/h4-5,8,11,13,16-17,25,28,30H,2-3,6-7,9-10H2,1H3,(H,29,31)/t16-,17+/m1/s1. The molecular weight excluding hydrogens is 413 g/mol. The van der Waals surface area contributed by atoms with Gasteiger partial charge in [0.2, 0.25) is 0 Å². The third kappa shape index (κ3) is 4.05. The molecule has 4 N–H and O–H groups in total. The van der Waals surface area contributed by atoms with Crippen LogP contribution in [0.25, 0.3) is 22.3 Å². The summed E-state index contributed by atoms with van der Waals surface area (Å²) in [4.78, 5) is 25.0. The molecule has 5 rings (SSSR count). The van der Waals surface area contributed by atoms with E-state index in [4.69, 9.17) is 4.74 Å². The second-order valence-electron chi connectivity index (χ2n) is 8.61. The van der Waals surface area contributed by atoms with Crippen LogP contribution in [-0.4, -0.2) is 57.8 Å². The van der Waals surface area contributed by atoms with E-state index in [1.54, 1.807) is 13.0 Å². The summed E-state index contributed by atoms with van der Waals surface area (Å²) in [6.07, 6.45) is 3.65. The van der Waals surface area contributed by atoms with Crippen LogP contribution in [0.15, 0.2) is 24.5 Å². The lowest BCUT2D eigenvalue weighted by Gasteiger charge is -2.29. The zero-order valence-electron chi connectivity index (χ0n) is 17.8. The molecule has 8 nitrogen and oxygen atoms in total. The highest BCUT2D eigenvalue weighted by molar-refractivity contribution is 6.09. The Bertz CT molecular complexity index is 1160. The fraction of sp³-hybridized carbons (Fsp3) is 0.435. The van der Waals surface area contributed by atoms with Gasteiger partial charge in [0, 0.05) is 17.8 Å². The van der Waals surface area contributed by atoms with Gasteiger partial charge < -0.3 is 25.5 Å². The fourth-order valence-corrected chi connectivity index (χ4v) is 4.16. The van der Waals surface area contributed by atoms with Crippen molar-refractivity contribution in [3.05, 3.63) is 41.6 Å². The number of aryl methyl sites for hydroxylation is 1. The number of piperidine rings is 1. The van der Waals surface area contributed by atoms with Crippen molar-refractivity contribution in [2.75, 3.05) is 19.7 Å². The smallest absolute Gasteiger partial charge is 0.255 e. The van der Waals surface area contributed by atoms with Crippen LogP contribution in [0.5, 0.6) is 5.75 Å². The van der Waals surface area contributed by atoms with Gasteiger partial charge in [0.1, 0.15) is 29.1 Å². The van der Waals surface area contributed by atoms with Gasteiger partial charge in [-0.3, -0.25) is 4.79 Å². The minimum absolute atomic E-state index is 0.311. The lowest BCUT2D eigenvalue weighted by atomic mass is 10.0. The minimum atomic E-state index is -0.651. The third-order valence-electron chi connectivity index (χ3n) is 6.13. The molecule has 1 saturated heterocycles. The molecule has 168 valence electrons. The maximum atomic E-state index is 14.2. The van der Waals surface area contributed by atoms with E-state index in [0.717, 1.165) is 19.4 Å². The van der Waals surface area contributed by atoms with Gasteiger partial charge in [-0.1, -0.05) is 0 Å². The molecule has 1 aliphatic heterocycles. The van der Waals surface area contributed by atoms with Crippen molar-refractivity contribution < 1.29 is 19.0 Å². The van der Waals surface area contributed by atoms with E-state index >= 15 is 0 Å². The highest BCUT2D eigenvalue weighted by Crippen LogP contribution is 2.36. The van der Waals surface area contributed by atoms with Crippen LogP contribution in [0.3, 0.4) is 0 Å². The maximum absolute atomic E-state index is 14.2. The highest BCUT2D eigenvalue weighted by atomic mass is 19.1. The van der Waals surface area contributed by atoms with E-state index in [9.17, 15) is 14.3 Å². The number of hydrogen-bond acceptors (Lipinski definition) is 6. The van der Waals surface area contributed by atoms with Gasteiger partial charge in [-0.15, -0.1) is 0 Å². The zero-order chi connectivity index (χ0) is 22.2. The number of carbonyl (C=O) groups is 1. The topological polar surface area (TPSA) is 112 Å². The second-order valence-corrected chi connectivity index (χ2v) is 8.61. The molecule has 0 bridgehead atoms. The third-order valence-corrected chi connectivity index (χ3v) is 6.13. The first-order valence-corrected chi connectivity index (χ1v) is 11.0. The van der Waals surface area contributed by atoms with E-state index in [-0.39, 0.29) is 11.9 Å². The Balaban J connectivity index is 1.51. The summed E-state index contributed by atoms with van der Waals surface area (Å²) in [6.45, 7) is 3.54. The van der Waals surface area contributed by atoms with Gasteiger partial charge >= 0.3 is 0 Å². The number of fused-ring (bicyclic) bond motifs is 1. The Labute approximate surface area is 184 Å². The van der Waals surface area contributed by atoms with Crippen LogP contribution in [0.1, 0.15) is 35.3 Å². The molecule has 2 aliphatic rings. The number of aromatic nitrogens is 3. The number of β-amino-alcohol motifs (C(OH)–C–C–N with tert-alkyl or cyclic N) is 1. The van der Waals surface area contributed by atoms with E-state index in [1.807, 2.05) is 0 Å². The maximum Gasteiger partial charge on any atom is 0.255 e. The second kappa shape index (κ2) is 8.48. The van der Waals surface area contributed by atoms with Gasteiger partial charge in [0.25, 0.3) is 5.91 Å². The van der Waals surface area contributed by atoms with Crippen LogP contribution in [-0.2, 0) is 0 Å². The van der Waals surface area contributed by atoms with Gasteiger partial charge in [-0.2, -0.15) is 0 Å². The number of aliphatic hydroxyl groups excluding tert-OH is 1. The van der Waals surface area contributed by atoms with Crippen molar-refractivity contribution in [1.82, 2.24) is 25.6 Å². The molecule has 2 aromatic heterocycles. The van der Waals surface area contributed by atoms with Gasteiger partial charge in [0.05, 0.1) is 29.8 Å². The summed E-state index contributed by atoms with van der Waals surface area (Å²) in [6, 6.07) is 4.04. The SMILES string of the molecule is Cc1[nH]c2c(-c3cc(F)ccc3OCC3CC3)ncnc2c1C(=O)N[C@@H]1CCNC[C@@H]1O. The van der Waals surface area contributed by atoms with Crippen molar-refractivity contribution in [2.45, 2.75) is 38.3 Å². The molecule has 3 aromatic rings. The number of benzene rings is 1. The summed E-state index contributed by atoms with van der Waals surface area (Å²) in [5, 5.41) is 16.2. The number of halogens is 1. The van der Waals surface area contributed by atoms with E-state index < -0.39 is 11.9 Å². The largest absolute Gasteiger partial charge is 0.493 e. The fourth-order valence-electron chi connectivity index (χ4n) is 4.16. The number of H-pyrrole nitrogens is 1. The number of ether oxygens (including phenoxy) is 1. The Kier molecular flexibility index (Phi) is 5.52. The van der Waals surface area contributed by atoms with E-state index in [0.29, 0.717) is 64.8 Å². The summed E-state index contributed by atoms with van der Waals surface area (Å²) >= 11 is 0. The molecule has 1 aliphatic carbocycles. The lowest BCUT2D eigenvalue weighted by Crippen LogP contribution is -2.52. The first-order chi connectivity index (χ1) is 15.5. The molecular formula is C23H26FN5O3. The summed E-state index contributed by atoms with van der Waals surface area (Å²) in [7, 11) is 0. The molecule has 0 spiro atoms. The Morgan fingerprint density at radius 1 is 1.31 bits per heavy atom. The van der Waals surface area contributed by atoms with Crippen molar-refractivity contribution >= 4 is 16.9 Å². The molecule has 2 atom stereocenters. The van der Waals surface area contributed by atoms with Gasteiger partial charge in [0.15, 0.2) is 0 Å². The average Bonchev–Trinajstić information content (AvgIpc) is 3.54. The highest BCUT2D eigenvalue weighted by Gasteiger charge is 2.28. The number of rotatable bonds is 6. The van der Waals surface area contributed by atoms with Crippen molar-refractivity contribution in [1.29, 1.82) is 0 Å². The normalized spacial score (nSPS) is 21.0. The molecule has 2 fully saturated rings. The molecule has 32 heavy (non-hydrogen) atoms. The number of aromatic amines is 1. The molecule has 0 unspecified atom stereocenters. The summed E-state index contributed by atoms with van der Waals surface area (Å²) in [5.41, 5.74) is 3.00. The molecule has 1 amide bonds. The number of carbonyl (C=O) groups excluding carboxylic acids is 1. The van der Waals surface area contributed by atoms with E-state index in [2.05, 4.69) is 25.6 Å². The van der Waals surface area contributed by atoms with Crippen molar-refractivity contribution in [2.24, 2.45) is 5.92 Å². The van der Waals surface area contributed by atoms with Crippen LogP contribution in [0.2, 0.25) is 0 Å². The van der Waals surface area contributed by atoms with Crippen LogP contribution in [0.4, 0.5) is 4.39 Å². The quantitative estimate of drug-likeness (QED) is 0.469. The molecule has 1 aromatic carbocycles. The molecule has 0 radical (unpaired) electrons. The first-order valence-electron chi connectivity index (χ1n) is 11.0. The van der Waals surface area contributed by atoms with Crippen molar-refractivity contribution in [3.8, 4) is 17.0 Å². The Morgan fingerprint density at radius 2 is 2.16 bits per heavy atom. The van der Waals surface area contributed by atoms with E-state index in [1.165, 1.54) is 18.5 Å². The number of nitrogens with one attached hydrogen (secondary N) is 3. The van der Waals surface area contributed by atoms with Gasteiger partial charge in [-0.05, 0) is 56.8 Å². The van der Waals surface area contributed by atoms with Gasteiger partial charge in [-0.25, -0.2) is 14.4 Å². The van der Waals surface area contributed by atoms with Crippen LogP contribution in [0, 0.1) is 18.7 Å². The average molecular weight is 439 g/mol. The molecule has 3 heterocycles. The molecule has 1 saturated carbocycles.